The van der Waals surface area contributed by atoms with Crippen molar-refractivity contribution in [2.24, 2.45) is 22.7 Å². The summed E-state index contributed by atoms with van der Waals surface area (Å²) in [4.78, 5) is 19.9. The fourth-order valence-corrected chi connectivity index (χ4v) is 6.12. The number of nitrogens with zero attached hydrogens (tertiary/aromatic N) is 2. The summed E-state index contributed by atoms with van der Waals surface area (Å²) >= 11 is 0. The van der Waals surface area contributed by atoms with Gasteiger partial charge in [0, 0.05) is 55.2 Å². The van der Waals surface area contributed by atoms with Crippen LogP contribution in [0.25, 0.3) is 0 Å². The number of hydrazine groups is 1. The maximum Gasteiger partial charge on any atom is 0.241 e. The summed E-state index contributed by atoms with van der Waals surface area (Å²) in [5.41, 5.74) is 6.43. The van der Waals surface area contributed by atoms with Gasteiger partial charge in [0.1, 0.15) is 12.2 Å². The van der Waals surface area contributed by atoms with E-state index in [0.29, 0.717) is 12.3 Å². The van der Waals surface area contributed by atoms with Gasteiger partial charge in [-0.2, -0.15) is 0 Å². The first-order chi connectivity index (χ1) is 14.3. The van der Waals surface area contributed by atoms with Crippen LogP contribution >= 0.6 is 0 Å². The van der Waals surface area contributed by atoms with Gasteiger partial charge in [-0.25, -0.2) is 9.82 Å². The van der Waals surface area contributed by atoms with Crippen LogP contribution in [-0.2, 0) is 4.79 Å². The van der Waals surface area contributed by atoms with E-state index in [-0.39, 0.29) is 54.6 Å². The van der Waals surface area contributed by atoms with Crippen LogP contribution in [0.2, 0.25) is 0 Å². The van der Waals surface area contributed by atoms with Crippen LogP contribution in [0, 0.1) is 17.8 Å². The Balaban J connectivity index is 1.47. The number of halogens is 1. The van der Waals surface area contributed by atoms with Gasteiger partial charge in [-0.1, -0.05) is 6.92 Å². The Morgan fingerprint density at radius 1 is 1.30 bits per heavy atom. The van der Waals surface area contributed by atoms with Crippen LogP contribution in [-0.4, -0.2) is 77.7 Å². The molecular weight excluding hydrogens is 385 g/mol. The molecular formula is C22H38FN5O2. The van der Waals surface area contributed by atoms with Gasteiger partial charge in [0.25, 0.3) is 0 Å². The smallest absolute Gasteiger partial charge is 0.241 e. The number of alkyl halides is 1. The average molecular weight is 424 g/mol. The zero-order valence-electron chi connectivity index (χ0n) is 18.4. The Morgan fingerprint density at radius 3 is 2.80 bits per heavy atom. The average Bonchev–Trinajstić information content (AvgIpc) is 3.40. The predicted octanol–water partition coefficient (Wildman–Crippen LogP) is 1.02. The lowest BCUT2D eigenvalue weighted by molar-refractivity contribution is -0.136. The number of likely N-dealkylation sites (tertiary alicyclic amines) is 1. The monoisotopic (exact) mass is 423 g/mol. The molecule has 3 fully saturated rings. The maximum atomic E-state index is 14.5. The van der Waals surface area contributed by atoms with Crippen molar-refractivity contribution in [3.05, 3.63) is 0 Å². The predicted molar refractivity (Wildman–Crippen MR) is 115 cm³/mol. The van der Waals surface area contributed by atoms with Crippen LogP contribution in [0.15, 0.2) is 4.99 Å². The fraction of sp³-hybridized carbons (Fsp3) is 0.909. The van der Waals surface area contributed by atoms with Gasteiger partial charge < -0.3 is 15.3 Å². The lowest BCUT2D eigenvalue weighted by Crippen LogP contribution is -2.56. The minimum absolute atomic E-state index is 0.0172. The largest absolute Gasteiger partial charge is 0.392 e. The molecule has 2 saturated heterocycles. The number of amides is 1. The molecule has 3 aliphatic heterocycles. The van der Waals surface area contributed by atoms with Crippen LogP contribution in [0.5, 0.6) is 0 Å². The fourth-order valence-electron chi connectivity index (χ4n) is 6.12. The van der Waals surface area contributed by atoms with E-state index >= 15 is 0 Å². The third kappa shape index (κ3) is 4.42. The molecule has 1 saturated carbocycles. The summed E-state index contributed by atoms with van der Waals surface area (Å²) in [5.74, 6) is 0.599. The first-order valence-electron chi connectivity index (χ1n) is 11.7. The summed E-state index contributed by atoms with van der Waals surface area (Å²) in [6.45, 7) is 7.33. The van der Waals surface area contributed by atoms with Gasteiger partial charge in [0.05, 0.1) is 12.6 Å². The third-order valence-corrected chi connectivity index (χ3v) is 7.69. The van der Waals surface area contributed by atoms with E-state index < -0.39 is 12.2 Å². The Bertz CT molecular complexity index is 649. The second kappa shape index (κ2) is 9.18. The second-order valence-corrected chi connectivity index (χ2v) is 10.1. The van der Waals surface area contributed by atoms with Crippen molar-refractivity contribution in [3.63, 3.8) is 0 Å². The Labute approximate surface area is 179 Å². The van der Waals surface area contributed by atoms with Gasteiger partial charge in [0.2, 0.25) is 5.91 Å². The molecule has 1 aliphatic carbocycles. The number of hydrogen-bond acceptors (Lipinski definition) is 6. The molecule has 0 aromatic heterocycles. The van der Waals surface area contributed by atoms with E-state index in [2.05, 4.69) is 41.9 Å². The number of hydrogen-bond donors (Lipinski definition) is 4. The number of aliphatic hydroxyl groups excluding tert-OH is 1. The van der Waals surface area contributed by atoms with E-state index in [1.165, 1.54) is 0 Å². The van der Waals surface area contributed by atoms with E-state index in [1.54, 1.807) is 4.90 Å². The van der Waals surface area contributed by atoms with E-state index in [4.69, 9.17) is 0 Å². The van der Waals surface area contributed by atoms with E-state index in [9.17, 15) is 14.3 Å². The Hall–Kier alpha value is -1.09. The van der Waals surface area contributed by atoms with E-state index in [0.717, 1.165) is 32.2 Å². The maximum absolute atomic E-state index is 14.5. The van der Waals surface area contributed by atoms with Crippen molar-refractivity contribution in [1.82, 2.24) is 21.1 Å². The van der Waals surface area contributed by atoms with Crippen LogP contribution in [0.4, 0.5) is 4.39 Å². The molecule has 0 bridgehead atoms. The molecule has 170 valence electrons. The topological polar surface area (TPSA) is 89.0 Å². The van der Waals surface area contributed by atoms with Crippen LogP contribution in [0.1, 0.15) is 52.9 Å². The Kier molecular flexibility index (Phi) is 6.77. The zero-order chi connectivity index (χ0) is 21.4. The first kappa shape index (κ1) is 22.1. The molecule has 6 unspecified atom stereocenters. The molecule has 0 aromatic carbocycles. The van der Waals surface area contributed by atoms with Gasteiger partial charge in [0.15, 0.2) is 0 Å². The summed E-state index contributed by atoms with van der Waals surface area (Å²) in [6.07, 6.45) is 4.84. The summed E-state index contributed by atoms with van der Waals surface area (Å²) in [7, 11) is 0. The number of nitrogens with one attached hydrogen (secondary N) is 3. The van der Waals surface area contributed by atoms with Crippen molar-refractivity contribution in [1.29, 1.82) is 0 Å². The Morgan fingerprint density at radius 2 is 2.10 bits per heavy atom. The highest BCUT2D eigenvalue weighted by molar-refractivity contribution is 5.84. The minimum atomic E-state index is -0.973. The highest BCUT2D eigenvalue weighted by Crippen LogP contribution is 2.33. The van der Waals surface area contributed by atoms with Crippen LogP contribution in [0.3, 0.4) is 0 Å². The van der Waals surface area contributed by atoms with Crippen molar-refractivity contribution in [3.8, 4) is 0 Å². The molecule has 4 rings (SSSR count). The second-order valence-electron chi connectivity index (χ2n) is 10.1. The number of aliphatic hydroxyl groups is 1. The molecule has 4 N–H and O–H groups in total. The van der Waals surface area contributed by atoms with Gasteiger partial charge in [-0.3, -0.25) is 15.2 Å². The molecule has 1 amide bonds. The third-order valence-electron chi connectivity index (χ3n) is 7.69. The number of aliphatic imine (C=N–C) groups is 1. The lowest BCUT2D eigenvalue weighted by atomic mass is 9.85. The van der Waals surface area contributed by atoms with Gasteiger partial charge >= 0.3 is 0 Å². The summed E-state index contributed by atoms with van der Waals surface area (Å²) in [6, 6.07) is -0.298. The number of rotatable bonds is 5. The lowest BCUT2D eigenvalue weighted by Gasteiger charge is -2.36. The van der Waals surface area contributed by atoms with Crippen molar-refractivity contribution in [2.45, 2.75) is 95.4 Å². The molecule has 3 heterocycles. The van der Waals surface area contributed by atoms with E-state index in [1.807, 2.05) is 6.21 Å². The summed E-state index contributed by atoms with van der Waals surface area (Å²) < 4.78 is 14.5. The van der Waals surface area contributed by atoms with Gasteiger partial charge in [-0.15, -0.1) is 0 Å². The molecule has 0 spiro atoms. The summed E-state index contributed by atoms with van der Waals surface area (Å²) in [5, 5.41) is 13.8. The van der Waals surface area contributed by atoms with Gasteiger partial charge in [-0.05, 0) is 45.4 Å². The minimum Gasteiger partial charge on any atom is -0.392 e. The molecule has 30 heavy (non-hydrogen) atoms. The molecule has 0 radical (unpaired) electrons. The number of carbonyl (C=O) groups is 1. The molecule has 10 atom stereocenters. The highest BCUT2D eigenvalue weighted by atomic mass is 19.1. The SMILES string of the molecule is CC1CN=CC([C@H]2C[C@H](F)CN2C(=O)C2NNC(C)C2C(C)N[C@@H]2CCC[C@H]2O)C1. The highest BCUT2D eigenvalue weighted by Gasteiger charge is 2.48. The van der Waals surface area contributed by atoms with Crippen LogP contribution < -0.4 is 16.2 Å². The normalized spacial score (nSPS) is 45.2. The van der Waals surface area contributed by atoms with Crippen molar-refractivity contribution >= 4 is 12.1 Å². The van der Waals surface area contributed by atoms with Crippen molar-refractivity contribution < 1.29 is 14.3 Å². The quantitative estimate of drug-likeness (QED) is 0.530. The standard InChI is InChI=1S/C22H38FN5O2/c1-12-7-15(10-24-9-12)18-8-16(23)11-28(18)22(30)21-20(14(3)26-27-21)13(2)25-17-5-4-6-19(17)29/h10,12-21,25-27,29H,4-9,11H2,1-3H3/t12?,13?,14?,15?,16-,17+,18+,19+,20?,21?/m0/s1. The molecule has 4 aliphatic rings. The first-order valence-corrected chi connectivity index (χ1v) is 11.7. The number of carbonyl (C=O) groups excluding carboxylic acids is 1. The molecule has 7 nitrogen and oxygen atoms in total. The zero-order valence-corrected chi connectivity index (χ0v) is 18.4. The molecule has 0 aromatic rings. The van der Waals surface area contributed by atoms with Crippen molar-refractivity contribution in [2.75, 3.05) is 13.1 Å². The molecule has 8 heteroatoms.